The van der Waals surface area contributed by atoms with Crippen LogP contribution in [0.3, 0.4) is 0 Å². The molecule has 1 unspecified atom stereocenters. The lowest BCUT2D eigenvalue weighted by Gasteiger charge is -2.37. The first-order valence-corrected chi connectivity index (χ1v) is 8.85. The summed E-state index contributed by atoms with van der Waals surface area (Å²) in [5, 5.41) is 0.299. The van der Waals surface area contributed by atoms with E-state index in [1.54, 1.807) is 0 Å². The van der Waals surface area contributed by atoms with Crippen molar-refractivity contribution in [1.29, 1.82) is 0 Å². The van der Waals surface area contributed by atoms with Gasteiger partial charge in [-0.3, -0.25) is 4.79 Å². The van der Waals surface area contributed by atoms with Gasteiger partial charge in [-0.25, -0.2) is 4.39 Å². The van der Waals surface area contributed by atoms with Crippen molar-refractivity contribution in [3.05, 3.63) is 39.8 Å². The Bertz CT molecular complexity index is 787. The smallest absolute Gasteiger partial charge is 0.199 e. The van der Waals surface area contributed by atoms with Crippen LogP contribution in [0.1, 0.15) is 44.0 Å². The van der Waals surface area contributed by atoms with Gasteiger partial charge in [-0.1, -0.05) is 29.8 Å². The molecule has 0 N–H and O–H groups in total. The summed E-state index contributed by atoms with van der Waals surface area (Å²) < 4.78 is 19.8. The van der Waals surface area contributed by atoms with E-state index in [0.717, 1.165) is 25.9 Å². The van der Waals surface area contributed by atoms with Gasteiger partial charge in [-0.05, 0) is 37.3 Å². The predicted octanol–water partition coefficient (Wildman–Crippen LogP) is 5.01. The van der Waals surface area contributed by atoms with E-state index >= 15 is 0 Å². The molecule has 0 bridgehead atoms. The molecule has 0 radical (unpaired) electrons. The number of fused-ring (bicyclic) bond motifs is 1. The first kappa shape index (κ1) is 16.5. The Balaban J connectivity index is 2.09. The second kappa shape index (κ2) is 5.93. The second-order valence-corrected chi connectivity index (χ2v) is 8.46. The fourth-order valence-corrected chi connectivity index (χ4v) is 3.36. The number of alkyl halides is 1. The van der Waals surface area contributed by atoms with Crippen molar-refractivity contribution >= 4 is 32.8 Å². The molecule has 1 aliphatic rings. The van der Waals surface area contributed by atoms with E-state index in [0.29, 0.717) is 27.8 Å². The summed E-state index contributed by atoms with van der Waals surface area (Å²) in [6.45, 7) is 8.14. The molecule has 1 aromatic heterocycles. The molecule has 1 aliphatic heterocycles. The van der Waals surface area contributed by atoms with E-state index in [-0.39, 0.29) is 10.3 Å². The normalized spacial score (nSPS) is 19.1. The zero-order chi connectivity index (χ0) is 16.8. The maximum absolute atomic E-state index is 13.8. The molecule has 2 heterocycles. The standard InChI is InChI=1S/C18H21BrFNO2/c1-11(19)13-8-12(20)9-14-15(22)10-16(23-17(13)14)21-6-4-18(2,3)5-7-21/h8-11H,4-7H2,1-3H3. The van der Waals surface area contributed by atoms with Crippen LogP contribution in [-0.2, 0) is 0 Å². The summed E-state index contributed by atoms with van der Waals surface area (Å²) in [5.41, 5.74) is 1.27. The van der Waals surface area contributed by atoms with Gasteiger partial charge in [-0.15, -0.1) is 0 Å². The second-order valence-electron chi connectivity index (χ2n) is 7.09. The average Bonchev–Trinajstić information content (AvgIpc) is 2.47. The van der Waals surface area contributed by atoms with Crippen LogP contribution in [0.25, 0.3) is 11.0 Å². The number of hydrogen-bond donors (Lipinski definition) is 0. The lowest BCUT2D eigenvalue weighted by Crippen LogP contribution is -2.37. The highest BCUT2D eigenvalue weighted by Crippen LogP contribution is 2.35. The maximum atomic E-state index is 13.8. The fraction of sp³-hybridized carbons (Fsp3) is 0.500. The number of halogens is 2. The van der Waals surface area contributed by atoms with Crippen molar-refractivity contribution in [2.24, 2.45) is 5.41 Å². The quantitative estimate of drug-likeness (QED) is 0.685. The fourth-order valence-electron chi connectivity index (χ4n) is 3.02. The van der Waals surface area contributed by atoms with Gasteiger partial charge in [0.1, 0.15) is 11.4 Å². The summed E-state index contributed by atoms with van der Waals surface area (Å²) in [7, 11) is 0. The summed E-state index contributed by atoms with van der Waals surface area (Å²) in [6.07, 6.45) is 2.11. The van der Waals surface area contributed by atoms with Gasteiger partial charge in [0.25, 0.3) is 0 Å². The minimum Gasteiger partial charge on any atom is -0.440 e. The molecule has 0 spiro atoms. The summed E-state index contributed by atoms with van der Waals surface area (Å²) in [6, 6.07) is 4.17. The number of hydrogen-bond acceptors (Lipinski definition) is 3. The van der Waals surface area contributed by atoms with Crippen molar-refractivity contribution in [3.8, 4) is 0 Å². The van der Waals surface area contributed by atoms with Gasteiger partial charge in [0, 0.05) is 29.5 Å². The lowest BCUT2D eigenvalue weighted by molar-refractivity contribution is 0.274. The van der Waals surface area contributed by atoms with E-state index in [2.05, 4.69) is 34.7 Å². The number of nitrogens with zero attached hydrogens (tertiary/aromatic N) is 1. The highest BCUT2D eigenvalue weighted by atomic mass is 79.9. The van der Waals surface area contributed by atoms with Gasteiger partial charge in [0.05, 0.1) is 5.39 Å². The topological polar surface area (TPSA) is 33.5 Å². The average molecular weight is 382 g/mol. The minimum absolute atomic E-state index is 0.0978. The molecule has 1 atom stereocenters. The van der Waals surface area contributed by atoms with Crippen LogP contribution in [0.4, 0.5) is 10.3 Å². The highest BCUT2D eigenvalue weighted by molar-refractivity contribution is 9.09. The van der Waals surface area contributed by atoms with Gasteiger partial charge in [-0.2, -0.15) is 0 Å². The highest BCUT2D eigenvalue weighted by Gasteiger charge is 2.27. The molecule has 1 fully saturated rings. The maximum Gasteiger partial charge on any atom is 0.199 e. The predicted molar refractivity (Wildman–Crippen MR) is 95.0 cm³/mol. The third kappa shape index (κ3) is 3.30. The molecule has 2 aromatic rings. The minimum atomic E-state index is -0.418. The Kier molecular flexibility index (Phi) is 4.25. The van der Waals surface area contributed by atoms with E-state index in [9.17, 15) is 9.18 Å². The first-order chi connectivity index (χ1) is 10.8. The monoisotopic (exact) mass is 381 g/mol. The van der Waals surface area contributed by atoms with Crippen molar-refractivity contribution < 1.29 is 8.81 Å². The van der Waals surface area contributed by atoms with Crippen LogP contribution in [-0.4, -0.2) is 13.1 Å². The molecule has 3 nitrogen and oxygen atoms in total. The summed E-state index contributed by atoms with van der Waals surface area (Å²) >= 11 is 3.46. The Labute approximate surface area is 143 Å². The van der Waals surface area contributed by atoms with E-state index in [1.165, 1.54) is 18.2 Å². The van der Waals surface area contributed by atoms with E-state index in [1.807, 2.05) is 6.92 Å². The molecular weight excluding hydrogens is 361 g/mol. The number of rotatable bonds is 2. The number of benzene rings is 1. The van der Waals surface area contributed by atoms with Crippen LogP contribution >= 0.6 is 15.9 Å². The zero-order valence-corrected chi connectivity index (χ0v) is 15.2. The molecule has 5 heteroatoms. The molecule has 124 valence electrons. The van der Waals surface area contributed by atoms with Crippen molar-refractivity contribution in [3.63, 3.8) is 0 Å². The molecule has 0 saturated carbocycles. The van der Waals surface area contributed by atoms with Gasteiger partial charge >= 0.3 is 0 Å². The van der Waals surface area contributed by atoms with Crippen LogP contribution < -0.4 is 10.3 Å². The first-order valence-electron chi connectivity index (χ1n) is 7.93. The Morgan fingerprint density at radius 2 is 1.91 bits per heavy atom. The van der Waals surface area contributed by atoms with Crippen LogP contribution in [0.2, 0.25) is 0 Å². The molecule has 1 aromatic carbocycles. The molecule has 1 saturated heterocycles. The lowest BCUT2D eigenvalue weighted by atomic mass is 9.83. The van der Waals surface area contributed by atoms with Crippen molar-refractivity contribution in [2.45, 2.75) is 38.4 Å². The van der Waals surface area contributed by atoms with Crippen molar-refractivity contribution in [1.82, 2.24) is 0 Å². The van der Waals surface area contributed by atoms with E-state index < -0.39 is 5.82 Å². The molecule has 23 heavy (non-hydrogen) atoms. The Hall–Kier alpha value is -1.36. The third-order valence-electron chi connectivity index (χ3n) is 4.67. The largest absolute Gasteiger partial charge is 0.440 e. The molecule has 0 aliphatic carbocycles. The summed E-state index contributed by atoms with van der Waals surface area (Å²) in [5.74, 6) is 0.164. The number of piperidine rings is 1. The number of anilines is 1. The Morgan fingerprint density at radius 3 is 2.52 bits per heavy atom. The van der Waals surface area contributed by atoms with Crippen LogP contribution in [0.15, 0.2) is 27.4 Å². The van der Waals surface area contributed by atoms with Crippen LogP contribution in [0, 0.1) is 11.2 Å². The Morgan fingerprint density at radius 1 is 1.26 bits per heavy atom. The molecule has 3 rings (SSSR count). The molecular formula is C18H21BrFNO2. The SMILES string of the molecule is CC(Br)c1cc(F)cc2c(=O)cc(N3CCC(C)(C)CC3)oc12. The summed E-state index contributed by atoms with van der Waals surface area (Å²) in [4.78, 5) is 14.4. The molecule has 0 amide bonds. The zero-order valence-electron chi connectivity index (χ0n) is 13.7. The third-order valence-corrected chi connectivity index (χ3v) is 5.16. The van der Waals surface area contributed by atoms with Crippen LogP contribution in [0.5, 0.6) is 0 Å². The van der Waals surface area contributed by atoms with Gasteiger partial charge < -0.3 is 9.32 Å². The van der Waals surface area contributed by atoms with Crippen molar-refractivity contribution in [2.75, 3.05) is 18.0 Å². The van der Waals surface area contributed by atoms with Gasteiger partial charge in [0.15, 0.2) is 11.3 Å². The van der Waals surface area contributed by atoms with Gasteiger partial charge in [0.2, 0.25) is 0 Å². The van der Waals surface area contributed by atoms with E-state index in [4.69, 9.17) is 4.42 Å².